The van der Waals surface area contributed by atoms with E-state index in [0.29, 0.717) is 0 Å². The SMILES string of the molecule is CCc1oc(C(=O)O)cc1C. The van der Waals surface area contributed by atoms with Gasteiger partial charge in [-0.2, -0.15) is 0 Å². The Labute approximate surface area is 64.6 Å². The Hall–Kier alpha value is -1.25. The van der Waals surface area contributed by atoms with Gasteiger partial charge in [-0.15, -0.1) is 0 Å². The van der Waals surface area contributed by atoms with Crippen LogP contribution in [0.25, 0.3) is 0 Å². The van der Waals surface area contributed by atoms with Crippen LogP contribution in [0.1, 0.15) is 28.8 Å². The molecule has 3 heteroatoms. The van der Waals surface area contributed by atoms with Crippen LogP contribution in [-0.4, -0.2) is 11.1 Å². The number of carboxylic acid groups (broad SMARTS) is 1. The Morgan fingerprint density at radius 1 is 1.73 bits per heavy atom. The van der Waals surface area contributed by atoms with Crippen LogP contribution >= 0.6 is 0 Å². The molecule has 0 radical (unpaired) electrons. The van der Waals surface area contributed by atoms with Gasteiger partial charge in [-0.05, 0) is 18.6 Å². The van der Waals surface area contributed by atoms with E-state index < -0.39 is 5.97 Å². The Balaban J connectivity index is 3.05. The average Bonchev–Trinajstić information content (AvgIpc) is 2.31. The van der Waals surface area contributed by atoms with Crippen molar-refractivity contribution >= 4 is 5.97 Å². The molecule has 0 fully saturated rings. The van der Waals surface area contributed by atoms with Gasteiger partial charge >= 0.3 is 5.97 Å². The maximum atomic E-state index is 10.4. The van der Waals surface area contributed by atoms with E-state index in [9.17, 15) is 4.79 Å². The summed E-state index contributed by atoms with van der Waals surface area (Å²) >= 11 is 0. The normalized spacial score (nSPS) is 10.0. The molecule has 0 aromatic carbocycles. The number of furan rings is 1. The van der Waals surface area contributed by atoms with Crippen LogP contribution in [0.2, 0.25) is 0 Å². The quantitative estimate of drug-likeness (QED) is 0.707. The third kappa shape index (κ3) is 1.42. The molecule has 11 heavy (non-hydrogen) atoms. The largest absolute Gasteiger partial charge is 0.475 e. The van der Waals surface area contributed by atoms with Gasteiger partial charge in [0.05, 0.1) is 0 Å². The molecule has 1 N–H and O–H groups in total. The highest BCUT2D eigenvalue weighted by Gasteiger charge is 2.10. The van der Waals surface area contributed by atoms with Crippen molar-refractivity contribution < 1.29 is 14.3 Å². The number of carbonyl (C=O) groups is 1. The summed E-state index contributed by atoms with van der Waals surface area (Å²) < 4.78 is 5.03. The number of rotatable bonds is 2. The van der Waals surface area contributed by atoms with Crippen molar-refractivity contribution in [3.8, 4) is 0 Å². The minimum absolute atomic E-state index is 0.0272. The molecular weight excluding hydrogens is 144 g/mol. The highest BCUT2D eigenvalue weighted by atomic mass is 16.4. The second-order valence-electron chi connectivity index (χ2n) is 2.38. The highest BCUT2D eigenvalue weighted by molar-refractivity contribution is 5.84. The molecule has 0 saturated heterocycles. The molecule has 1 heterocycles. The van der Waals surface area contributed by atoms with Crippen LogP contribution in [0, 0.1) is 6.92 Å². The van der Waals surface area contributed by atoms with Crippen LogP contribution < -0.4 is 0 Å². The molecule has 1 aromatic heterocycles. The number of carboxylic acids is 1. The fraction of sp³-hybridized carbons (Fsp3) is 0.375. The van der Waals surface area contributed by atoms with Crippen molar-refractivity contribution in [2.45, 2.75) is 20.3 Å². The number of hydrogen-bond donors (Lipinski definition) is 1. The molecule has 0 spiro atoms. The van der Waals surface area contributed by atoms with Crippen molar-refractivity contribution in [3.05, 3.63) is 23.2 Å². The van der Waals surface area contributed by atoms with E-state index >= 15 is 0 Å². The van der Waals surface area contributed by atoms with Gasteiger partial charge in [0, 0.05) is 6.42 Å². The number of hydrogen-bond acceptors (Lipinski definition) is 2. The standard InChI is InChI=1S/C8H10O3/c1-3-6-5(2)4-7(11-6)8(9)10/h4H,3H2,1-2H3,(H,9,10). The van der Waals surface area contributed by atoms with E-state index in [4.69, 9.17) is 9.52 Å². The van der Waals surface area contributed by atoms with Crippen molar-refractivity contribution in [2.24, 2.45) is 0 Å². The molecule has 0 aliphatic heterocycles. The summed E-state index contributed by atoms with van der Waals surface area (Å²) in [6, 6.07) is 1.54. The number of aryl methyl sites for hydroxylation is 2. The molecule has 0 aliphatic carbocycles. The van der Waals surface area contributed by atoms with Crippen LogP contribution in [0.4, 0.5) is 0 Å². The first kappa shape index (κ1) is 7.85. The summed E-state index contributed by atoms with van der Waals surface area (Å²) in [5, 5.41) is 8.52. The second kappa shape index (κ2) is 2.78. The molecule has 3 nitrogen and oxygen atoms in total. The van der Waals surface area contributed by atoms with Crippen LogP contribution in [0.15, 0.2) is 10.5 Å². The highest BCUT2D eigenvalue weighted by Crippen LogP contribution is 2.14. The zero-order chi connectivity index (χ0) is 8.43. The molecule has 0 saturated carbocycles. The fourth-order valence-corrected chi connectivity index (χ4v) is 0.976. The molecule has 60 valence electrons. The predicted octanol–water partition coefficient (Wildman–Crippen LogP) is 1.85. The fourth-order valence-electron chi connectivity index (χ4n) is 0.976. The Morgan fingerprint density at radius 2 is 2.36 bits per heavy atom. The lowest BCUT2D eigenvalue weighted by Gasteiger charge is -1.88. The van der Waals surface area contributed by atoms with Gasteiger partial charge in [0.1, 0.15) is 5.76 Å². The van der Waals surface area contributed by atoms with Crippen LogP contribution in [0.5, 0.6) is 0 Å². The van der Waals surface area contributed by atoms with Crippen molar-refractivity contribution in [3.63, 3.8) is 0 Å². The molecule has 0 aliphatic rings. The van der Waals surface area contributed by atoms with Crippen LogP contribution in [-0.2, 0) is 6.42 Å². The maximum Gasteiger partial charge on any atom is 0.371 e. The maximum absolute atomic E-state index is 10.4. The van der Waals surface area contributed by atoms with Crippen molar-refractivity contribution in [2.75, 3.05) is 0 Å². The van der Waals surface area contributed by atoms with Gasteiger partial charge in [0.15, 0.2) is 0 Å². The molecule has 1 rings (SSSR count). The van der Waals surface area contributed by atoms with Gasteiger partial charge in [-0.1, -0.05) is 6.92 Å². The van der Waals surface area contributed by atoms with E-state index in [1.54, 1.807) is 6.07 Å². The Morgan fingerprint density at radius 3 is 2.64 bits per heavy atom. The van der Waals surface area contributed by atoms with Gasteiger partial charge in [-0.25, -0.2) is 4.79 Å². The first-order chi connectivity index (χ1) is 5.15. The van der Waals surface area contributed by atoms with Gasteiger partial charge in [-0.3, -0.25) is 0 Å². The zero-order valence-electron chi connectivity index (χ0n) is 6.55. The molecule has 0 amide bonds. The van der Waals surface area contributed by atoms with E-state index in [2.05, 4.69) is 0 Å². The molecular formula is C8H10O3. The van der Waals surface area contributed by atoms with Crippen molar-refractivity contribution in [1.82, 2.24) is 0 Å². The van der Waals surface area contributed by atoms with E-state index in [0.717, 1.165) is 17.7 Å². The third-order valence-corrected chi connectivity index (χ3v) is 1.55. The summed E-state index contributed by atoms with van der Waals surface area (Å²) in [4.78, 5) is 10.4. The minimum atomic E-state index is -1.01. The summed E-state index contributed by atoms with van der Waals surface area (Å²) in [5.74, 6) is -0.227. The molecule has 0 unspecified atom stereocenters. The minimum Gasteiger partial charge on any atom is -0.475 e. The first-order valence-corrected chi connectivity index (χ1v) is 3.47. The van der Waals surface area contributed by atoms with Gasteiger partial charge < -0.3 is 9.52 Å². The summed E-state index contributed by atoms with van der Waals surface area (Å²) in [5.41, 5.74) is 0.907. The van der Waals surface area contributed by atoms with Gasteiger partial charge in [0.25, 0.3) is 0 Å². The van der Waals surface area contributed by atoms with Gasteiger partial charge in [0.2, 0.25) is 5.76 Å². The lowest BCUT2D eigenvalue weighted by Crippen LogP contribution is -1.91. The monoisotopic (exact) mass is 154 g/mol. The first-order valence-electron chi connectivity index (χ1n) is 3.47. The lowest BCUT2D eigenvalue weighted by molar-refractivity contribution is 0.0660. The molecule has 1 aromatic rings. The average molecular weight is 154 g/mol. The van der Waals surface area contributed by atoms with E-state index in [-0.39, 0.29) is 5.76 Å². The Bertz CT molecular complexity index is 273. The summed E-state index contributed by atoms with van der Waals surface area (Å²) in [6.07, 6.45) is 0.735. The summed E-state index contributed by atoms with van der Waals surface area (Å²) in [6.45, 7) is 3.77. The summed E-state index contributed by atoms with van der Waals surface area (Å²) in [7, 11) is 0. The molecule has 0 atom stereocenters. The van der Waals surface area contributed by atoms with E-state index in [1.807, 2.05) is 13.8 Å². The predicted molar refractivity (Wildman–Crippen MR) is 39.8 cm³/mol. The zero-order valence-corrected chi connectivity index (χ0v) is 6.55. The Kier molecular flexibility index (Phi) is 1.98. The third-order valence-electron chi connectivity index (χ3n) is 1.55. The molecule has 0 bridgehead atoms. The number of aromatic carboxylic acids is 1. The smallest absolute Gasteiger partial charge is 0.371 e. The van der Waals surface area contributed by atoms with Crippen LogP contribution in [0.3, 0.4) is 0 Å². The lowest BCUT2D eigenvalue weighted by atomic mass is 10.2. The van der Waals surface area contributed by atoms with E-state index in [1.165, 1.54) is 0 Å². The second-order valence-corrected chi connectivity index (χ2v) is 2.38. The topological polar surface area (TPSA) is 50.4 Å². The van der Waals surface area contributed by atoms with Crippen molar-refractivity contribution in [1.29, 1.82) is 0 Å².